The third-order valence-corrected chi connectivity index (χ3v) is 2.08. The summed E-state index contributed by atoms with van der Waals surface area (Å²) in [6.07, 6.45) is 2.78. The van der Waals surface area contributed by atoms with Crippen molar-refractivity contribution < 1.29 is 14.9 Å². The number of rotatable bonds is 3. The maximum Gasteiger partial charge on any atom is 0.365 e. The van der Waals surface area contributed by atoms with Gasteiger partial charge in [0, 0.05) is 6.08 Å². The van der Waals surface area contributed by atoms with Crippen molar-refractivity contribution in [1.82, 2.24) is 0 Å². The van der Waals surface area contributed by atoms with E-state index in [4.69, 9.17) is 5.26 Å². The fourth-order valence-electron chi connectivity index (χ4n) is 1.22. The first-order valence-electron chi connectivity index (χ1n) is 4.77. The quantitative estimate of drug-likeness (QED) is 0.470. The topological polar surface area (TPSA) is 46.5 Å². The molecular formula is C12H14O3. The minimum atomic E-state index is -0.773. The molecule has 0 heterocycles. The predicted octanol–water partition coefficient (Wildman–Crippen LogP) is 2.84. The molecule has 0 spiro atoms. The fourth-order valence-corrected chi connectivity index (χ4v) is 1.22. The highest BCUT2D eigenvalue weighted by Gasteiger charge is 1.99. The Morgan fingerprint density at radius 3 is 2.80 bits per heavy atom. The molecule has 0 atom stereocenters. The second kappa shape index (κ2) is 5.32. The molecule has 1 N–H and O–H groups in total. The van der Waals surface area contributed by atoms with Crippen LogP contribution in [0.4, 0.5) is 0 Å². The SMILES string of the molecule is CC(C)c1cccc(C=CC(=O)OO)c1. The molecule has 0 aliphatic carbocycles. The van der Waals surface area contributed by atoms with Gasteiger partial charge >= 0.3 is 5.97 Å². The van der Waals surface area contributed by atoms with Crippen molar-refractivity contribution in [3.05, 3.63) is 41.5 Å². The van der Waals surface area contributed by atoms with Crippen molar-refractivity contribution in [2.45, 2.75) is 19.8 Å². The Labute approximate surface area is 88.9 Å². The Hall–Kier alpha value is -1.61. The average Bonchev–Trinajstić information content (AvgIpc) is 2.26. The van der Waals surface area contributed by atoms with E-state index >= 15 is 0 Å². The van der Waals surface area contributed by atoms with Crippen LogP contribution in [-0.2, 0) is 9.68 Å². The van der Waals surface area contributed by atoms with Crippen LogP contribution < -0.4 is 0 Å². The van der Waals surface area contributed by atoms with Crippen LogP contribution in [-0.4, -0.2) is 11.2 Å². The molecule has 0 aliphatic rings. The summed E-state index contributed by atoms with van der Waals surface area (Å²) < 4.78 is 0. The van der Waals surface area contributed by atoms with Gasteiger partial charge in [-0.15, -0.1) is 0 Å². The van der Waals surface area contributed by atoms with Crippen LogP contribution >= 0.6 is 0 Å². The lowest BCUT2D eigenvalue weighted by Gasteiger charge is -2.05. The van der Waals surface area contributed by atoms with Crippen molar-refractivity contribution in [2.24, 2.45) is 0 Å². The summed E-state index contributed by atoms with van der Waals surface area (Å²) in [4.78, 5) is 14.2. The zero-order chi connectivity index (χ0) is 11.3. The molecule has 0 bridgehead atoms. The van der Waals surface area contributed by atoms with E-state index < -0.39 is 5.97 Å². The Kier molecular flexibility index (Phi) is 4.06. The van der Waals surface area contributed by atoms with Gasteiger partial charge in [-0.2, -0.15) is 5.26 Å². The van der Waals surface area contributed by atoms with E-state index in [1.807, 2.05) is 24.3 Å². The normalized spacial score (nSPS) is 10.9. The standard InChI is InChI=1S/C12H14O3/c1-9(2)11-5-3-4-10(8-11)6-7-12(13)15-14/h3-9,14H,1-2H3. The first-order chi connectivity index (χ1) is 7.13. The molecular weight excluding hydrogens is 192 g/mol. The molecule has 0 aliphatic heterocycles. The van der Waals surface area contributed by atoms with Gasteiger partial charge in [0.1, 0.15) is 0 Å². The molecule has 3 nitrogen and oxygen atoms in total. The summed E-state index contributed by atoms with van der Waals surface area (Å²) in [5.74, 6) is -0.326. The Balaban J connectivity index is 2.82. The van der Waals surface area contributed by atoms with Gasteiger partial charge in [0.25, 0.3) is 0 Å². The van der Waals surface area contributed by atoms with Crippen molar-refractivity contribution >= 4 is 12.0 Å². The van der Waals surface area contributed by atoms with Crippen molar-refractivity contribution in [2.75, 3.05) is 0 Å². The van der Waals surface area contributed by atoms with E-state index in [2.05, 4.69) is 18.7 Å². The average molecular weight is 206 g/mol. The number of carbonyl (C=O) groups excluding carboxylic acids is 1. The van der Waals surface area contributed by atoms with E-state index in [0.29, 0.717) is 5.92 Å². The zero-order valence-corrected chi connectivity index (χ0v) is 8.81. The van der Waals surface area contributed by atoms with Crippen LogP contribution in [0, 0.1) is 0 Å². The molecule has 0 fully saturated rings. The van der Waals surface area contributed by atoms with Crippen LogP contribution in [0.1, 0.15) is 30.9 Å². The number of hydrogen-bond acceptors (Lipinski definition) is 3. The smallest absolute Gasteiger partial charge is 0.296 e. The molecule has 0 amide bonds. The summed E-state index contributed by atoms with van der Waals surface area (Å²) >= 11 is 0. The molecule has 0 saturated carbocycles. The Morgan fingerprint density at radius 1 is 1.47 bits per heavy atom. The van der Waals surface area contributed by atoms with Crippen LogP contribution in [0.5, 0.6) is 0 Å². The second-order valence-corrected chi connectivity index (χ2v) is 3.57. The molecule has 0 aromatic heterocycles. The van der Waals surface area contributed by atoms with Gasteiger partial charge < -0.3 is 0 Å². The number of hydrogen-bond donors (Lipinski definition) is 1. The van der Waals surface area contributed by atoms with Crippen molar-refractivity contribution in [3.63, 3.8) is 0 Å². The molecule has 15 heavy (non-hydrogen) atoms. The second-order valence-electron chi connectivity index (χ2n) is 3.57. The molecule has 1 aromatic carbocycles. The largest absolute Gasteiger partial charge is 0.365 e. The van der Waals surface area contributed by atoms with Gasteiger partial charge in [0.2, 0.25) is 0 Å². The molecule has 3 heteroatoms. The van der Waals surface area contributed by atoms with E-state index in [9.17, 15) is 4.79 Å². The van der Waals surface area contributed by atoms with Gasteiger partial charge in [-0.25, -0.2) is 4.79 Å². The van der Waals surface area contributed by atoms with E-state index in [1.165, 1.54) is 11.6 Å². The van der Waals surface area contributed by atoms with Crippen LogP contribution in [0.25, 0.3) is 6.08 Å². The highest BCUT2D eigenvalue weighted by atomic mass is 17.1. The molecule has 0 saturated heterocycles. The van der Waals surface area contributed by atoms with Gasteiger partial charge in [-0.3, -0.25) is 4.89 Å². The summed E-state index contributed by atoms with van der Waals surface area (Å²) in [5.41, 5.74) is 2.11. The van der Waals surface area contributed by atoms with Crippen LogP contribution in [0.15, 0.2) is 30.3 Å². The monoisotopic (exact) mass is 206 g/mol. The number of benzene rings is 1. The zero-order valence-electron chi connectivity index (χ0n) is 8.81. The van der Waals surface area contributed by atoms with Crippen LogP contribution in [0.3, 0.4) is 0 Å². The minimum Gasteiger partial charge on any atom is -0.296 e. The Morgan fingerprint density at radius 2 is 2.20 bits per heavy atom. The highest BCUT2D eigenvalue weighted by molar-refractivity contribution is 5.86. The predicted molar refractivity (Wildman–Crippen MR) is 58.3 cm³/mol. The molecule has 1 aromatic rings. The lowest BCUT2D eigenvalue weighted by molar-refractivity contribution is -0.227. The lowest BCUT2D eigenvalue weighted by atomic mass is 10.0. The molecule has 80 valence electrons. The first kappa shape index (κ1) is 11.5. The van der Waals surface area contributed by atoms with Crippen molar-refractivity contribution in [3.8, 4) is 0 Å². The summed E-state index contributed by atoms with van der Waals surface area (Å²) in [6, 6.07) is 7.84. The van der Waals surface area contributed by atoms with Gasteiger partial charge in [0.15, 0.2) is 0 Å². The Bertz CT molecular complexity index is 367. The van der Waals surface area contributed by atoms with Gasteiger partial charge in [-0.1, -0.05) is 38.1 Å². The van der Waals surface area contributed by atoms with E-state index in [-0.39, 0.29) is 0 Å². The summed E-state index contributed by atoms with van der Waals surface area (Å²) in [6.45, 7) is 4.20. The highest BCUT2D eigenvalue weighted by Crippen LogP contribution is 2.16. The van der Waals surface area contributed by atoms with Crippen LogP contribution in [0.2, 0.25) is 0 Å². The number of carbonyl (C=O) groups is 1. The van der Waals surface area contributed by atoms with Gasteiger partial charge in [0.05, 0.1) is 0 Å². The third-order valence-electron chi connectivity index (χ3n) is 2.08. The maximum atomic E-state index is 10.6. The third kappa shape index (κ3) is 3.56. The maximum absolute atomic E-state index is 10.6. The molecule has 1 rings (SSSR count). The molecule has 0 unspecified atom stereocenters. The van der Waals surface area contributed by atoms with E-state index in [1.54, 1.807) is 6.08 Å². The fraction of sp³-hybridized carbons (Fsp3) is 0.250. The summed E-state index contributed by atoms with van der Waals surface area (Å²) in [5, 5.41) is 8.05. The molecule has 0 radical (unpaired) electrons. The van der Waals surface area contributed by atoms with Gasteiger partial charge in [-0.05, 0) is 23.1 Å². The minimum absolute atomic E-state index is 0.447. The van der Waals surface area contributed by atoms with Crippen molar-refractivity contribution in [1.29, 1.82) is 0 Å². The summed E-state index contributed by atoms with van der Waals surface area (Å²) in [7, 11) is 0. The first-order valence-corrected chi connectivity index (χ1v) is 4.77. The lowest BCUT2D eigenvalue weighted by Crippen LogP contribution is -1.94. The van der Waals surface area contributed by atoms with E-state index in [0.717, 1.165) is 5.56 Å².